The van der Waals surface area contributed by atoms with Crippen molar-refractivity contribution < 1.29 is 32.1 Å². The maximum absolute atomic E-state index is 13.7. The van der Waals surface area contributed by atoms with E-state index in [0.29, 0.717) is 0 Å². The number of benzene rings is 3. The normalized spacial score (nSPS) is 23.2. The first-order valence-electron chi connectivity index (χ1n) is 14.2. The predicted molar refractivity (Wildman–Crippen MR) is 153 cm³/mol. The zero-order valence-corrected chi connectivity index (χ0v) is 23.9. The maximum atomic E-state index is 13.7. The van der Waals surface area contributed by atoms with E-state index < -0.39 is 47.8 Å². The third kappa shape index (κ3) is 4.86. The first-order chi connectivity index (χ1) is 21.2. The van der Waals surface area contributed by atoms with E-state index in [0.717, 1.165) is 23.0 Å². The molecule has 2 aliphatic rings. The molecular weight excluding hydrogens is 573 g/mol. The van der Waals surface area contributed by atoms with Crippen molar-refractivity contribution in [3.05, 3.63) is 126 Å². The van der Waals surface area contributed by atoms with Gasteiger partial charge in [-0.1, -0.05) is 91.0 Å². The van der Waals surface area contributed by atoms with Crippen LogP contribution in [0.4, 0.5) is 13.2 Å². The molecule has 11 heteroatoms. The monoisotopic (exact) mass is 602 g/mol. The van der Waals surface area contributed by atoms with Crippen LogP contribution in [0.2, 0.25) is 0 Å². The quantitative estimate of drug-likeness (QED) is 0.203. The summed E-state index contributed by atoms with van der Waals surface area (Å²) < 4.78 is 68.6. The van der Waals surface area contributed by atoms with Crippen LogP contribution in [0, 0.1) is 0 Å². The summed E-state index contributed by atoms with van der Waals surface area (Å²) in [5.74, 6) is -0.965. The van der Waals surface area contributed by atoms with Crippen LogP contribution < -0.4 is 0 Å². The highest BCUT2D eigenvalue weighted by Crippen LogP contribution is 2.46. The smallest absolute Gasteiger partial charge is 0.358 e. The second kappa shape index (κ2) is 10.8. The molecule has 8 nitrogen and oxygen atoms in total. The van der Waals surface area contributed by atoms with Gasteiger partial charge in [0.1, 0.15) is 35.8 Å². The molecule has 44 heavy (non-hydrogen) atoms. The molecule has 4 heterocycles. The number of nitrogens with zero attached hydrogens (tertiary/aromatic N) is 4. The van der Waals surface area contributed by atoms with Crippen molar-refractivity contribution in [2.75, 3.05) is 6.61 Å². The largest absolute Gasteiger partial charge is 0.435 e. The maximum Gasteiger partial charge on any atom is 0.435 e. The SMILES string of the molecule is CC1(C)O[C@@H]2[C@H](O1)[C@@H](COC(c1ccccc1)(c1ccccc1)c1ccccc1)O[C@H]2n1cnc2c(C(F)(F)F)ncnc21. The lowest BCUT2D eigenvalue weighted by Gasteiger charge is -2.37. The zero-order chi connectivity index (χ0) is 30.5. The van der Waals surface area contributed by atoms with Crippen LogP contribution in [-0.4, -0.2) is 50.2 Å². The highest BCUT2D eigenvalue weighted by atomic mass is 19.4. The molecule has 7 rings (SSSR count). The van der Waals surface area contributed by atoms with Gasteiger partial charge in [0.05, 0.1) is 12.9 Å². The summed E-state index contributed by atoms with van der Waals surface area (Å²) in [5.41, 5.74) is 0.260. The van der Waals surface area contributed by atoms with Gasteiger partial charge in [-0.15, -0.1) is 0 Å². The number of alkyl halides is 3. The molecule has 0 spiro atoms. The van der Waals surface area contributed by atoms with Gasteiger partial charge in [0.2, 0.25) is 0 Å². The highest BCUT2D eigenvalue weighted by molar-refractivity contribution is 5.73. The fourth-order valence-corrected chi connectivity index (χ4v) is 6.24. The second-order valence-electron chi connectivity index (χ2n) is 11.3. The molecule has 0 radical (unpaired) electrons. The number of ether oxygens (including phenoxy) is 4. The Labute approximate surface area is 251 Å². The van der Waals surface area contributed by atoms with E-state index in [1.54, 1.807) is 13.8 Å². The van der Waals surface area contributed by atoms with Gasteiger partial charge in [-0.05, 0) is 30.5 Å². The Morgan fingerprint density at radius 3 is 1.86 bits per heavy atom. The van der Waals surface area contributed by atoms with Crippen LogP contribution >= 0.6 is 0 Å². The molecule has 5 aromatic rings. The fourth-order valence-electron chi connectivity index (χ4n) is 6.24. The lowest BCUT2D eigenvalue weighted by molar-refractivity contribution is -0.204. The van der Waals surface area contributed by atoms with Crippen molar-refractivity contribution in [3.8, 4) is 0 Å². The third-order valence-corrected chi connectivity index (χ3v) is 8.03. The van der Waals surface area contributed by atoms with Crippen molar-refractivity contribution >= 4 is 11.2 Å². The summed E-state index contributed by atoms with van der Waals surface area (Å²) in [6.45, 7) is 3.65. The van der Waals surface area contributed by atoms with Gasteiger partial charge >= 0.3 is 6.18 Å². The molecule has 0 aliphatic carbocycles. The Balaban J connectivity index is 1.28. The minimum absolute atomic E-state index is 0.0156. The number of aromatic nitrogens is 4. The van der Waals surface area contributed by atoms with E-state index in [4.69, 9.17) is 18.9 Å². The summed E-state index contributed by atoms with van der Waals surface area (Å²) in [6.07, 6.45) is -5.33. The topological polar surface area (TPSA) is 80.5 Å². The van der Waals surface area contributed by atoms with E-state index >= 15 is 0 Å². The number of halogens is 3. The average molecular weight is 603 g/mol. The molecule has 0 N–H and O–H groups in total. The molecule has 4 atom stereocenters. The van der Waals surface area contributed by atoms with Crippen LogP contribution in [0.5, 0.6) is 0 Å². The minimum atomic E-state index is -4.69. The summed E-state index contributed by atoms with van der Waals surface area (Å²) in [4.78, 5) is 11.6. The Bertz CT molecular complexity index is 1650. The fraction of sp³-hybridized carbons (Fsp3) is 0.303. The van der Waals surface area contributed by atoms with Crippen LogP contribution in [0.1, 0.15) is 42.5 Å². The van der Waals surface area contributed by atoms with E-state index in [1.165, 1.54) is 10.9 Å². The van der Waals surface area contributed by atoms with Gasteiger partial charge in [-0.3, -0.25) is 4.57 Å². The number of hydrogen-bond acceptors (Lipinski definition) is 7. The van der Waals surface area contributed by atoms with Gasteiger partial charge < -0.3 is 18.9 Å². The molecule has 0 amide bonds. The second-order valence-corrected chi connectivity index (χ2v) is 11.3. The predicted octanol–water partition coefficient (Wildman–Crippen LogP) is 6.27. The average Bonchev–Trinajstić information content (AvgIpc) is 3.69. The Kier molecular flexibility index (Phi) is 7.00. The first kappa shape index (κ1) is 28.6. The van der Waals surface area contributed by atoms with Crippen LogP contribution in [-0.2, 0) is 30.7 Å². The zero-order valence-electron chi connectivity index (χ0n) is 23.9. The van der Waals surface area contributed by atoms with Crippen molar-refractivity contribution in [2.24, 2.45) is 0 Å². The Morgan fingerprint density at radius 1 is 0.773 bits per heavy atom. The molecule has 226 valence electrons. The molecule has 2 aromatic heterocycles. The molecule has 0 saturated carbocycles. The van der Waals surface area contributed by atoms with E-state index in [2.05, 4.69) is 15.0 Å². The van der Waals surface area contributed by atoms with Crippen molar-refractivity contribution in [1.82, 2.24) is 19.5 Å². The number of imidazole rings is 1. The number of rotatable bonds is 7. The van der Waals surface area contributed by atoms with Crippen molar-refractivity contribution in [1.29, 1.82) is 0 Å². The summed E-state index contributed by atoms with van der Waals surface area (Å²) in [6, 6.07) is 29.8. The van der Waals surface area contributed by atoms with Crippen molar-refractivity contribution in [3.63, 3.8) is 0 Å². The molecule has 0 bridgehead atoms. The molecular formula is C33H29F3N4O4. The Hall–Kier alpha value is -4.16. The van der Waals surface area contributed by atoms with E-state index in [9.17, 15) is 13.2 Å². The number of hydrogen-bond donors (Lipinski definition) is 0. The molecule has 0 unspecified atom stereocenters. The van der Waals surface area contributed by atoms with Crippen LogP contribution in [0.25, 0.3) is 11.2 Å². The lowest BCUT2D eigenvalue weighted by atomic mass is 9.80. The van der Waals surface area contributed by atoms with Crippen molar-refractivity contribution in [2.45, 2.75) is 56.0 Å². The van der Waals surface area contributed by atoms with Gasteiger partial charge in [-0.2, -0.15) is 13.2 Å². The molecule has 2 saturated heterocycles. The van der Waals surface area contributed by atoms with Gasteiger partial charge in [0.25, 0.3) is 0 Å². The van der Waals surface area contributed by atoms with Gasteiger partial charge in [-0.25, -0.2) is 15.0 Å². The highest BCUT2D eigenvalue weighted by Gasteiger charge is 2.57. The van der Waals surface area contributed by atoms with Crippen LogP contribution in [0.15, 0.2) is 104 Å². The standard InChI is InChI=1S/C33H29F3N4O4/c1-31(2)43-26-24(42-30(27(26)44-31)40-20-39-25-28(33(34,35)36)37-19-38-29(25)40)18-41-32(21-12-6-3-7-13-21,22-14-8-4-9-15-22)23-16-10-5-11-17-23/h3-17,19-20,24,26-27,30H,18H2,1-2H3/t24-,26-,27-,30-/m1/s1. The third-order valence-electron chi connectivity index (χ3n) is 8.03. The summed E-state index contributed by atoms with van der Waals surface area (Å²) in [7, 11) is 0. The summed E-state index contributed by atoms with van der Waals surface area (Å²) in [5, 5.41) is 0. The van der Waals surface area contributed by atoms with E-state index in [1.807, 2.05) is 91.0 Å². The van der Waals surface area contributed by atoms with Crippen LogP contribution in [0.3, 0.4) is 0 Å². The van der Waals surface area contributed by atoms with E-state index in [-0.39, 0.29) is 17.8 Å². The van der Waals surface area contributed by atoms with Gasteiger partial charge in [0, 0.05) is 0 Å². The molecule has 3 aromatic carbocycles. The Morgan fingerprint density at radius 2 is 1.32 bits per heavy atom. The molecule has 2 fully saturated rings. The first-order valence-corrected chi connectivity index (χ1v) is 14.2. The number of fused-ring (bicyclic) bond motifs is 2. The molecule has 2 aliphatic heterocycles. The lowest BCUT2D eigenvalue weighted by Crippen LogP contribution is -2.39. The minimum Gasteiger partial charge on any atom is -0.358 e. The van der Waals surface area contributed by atoms with Gasteiger partial charge in [0.15, 0.2) is 23.4 Å². The summed E-state index contributed by atoms with van der Waals surface area (Å²) >= 11 is 0.